The van der Waals surface area contributed by atoms with Crippen LogP contribution in [0.3, 0.4) is 0 Å². The van der Waals surface area contributed by atoms with Crippen LogP contribution in [-0.2, 0) is 26.2 Å². The van der Waals surface area contributed by atoms with Gasteiger partial charge in [-0.3, -0.25) is 14.4 Å². The first kappa shape index (κ1) is 24.9. The van der Waals surface area contributed by atoms with Gasteiger partial charge in [0.1, 0.15) is 4.90 Å². The van der Waals surface area contributed by atoms with Crippen molar-refractivity contribution < 1.29 is 30.0 Å². The van der Waals surface area contributed by atoms with Crippen molar-refractivity contribution in [3.8, 4) is 0 Å². The zero-order chi connectivity index (χ0) is 25.4. The van der Waals surface area contributed by atoms with Crippen molar-refractivity contribution in [2.24, 2.45) is 0 Å². The first-order valence-corrected chi connectivity index (χ1v) is 13.5. The van der Waals surface area contributed by atoms with E-state index in [1.165, 1.54) is 36.5 Å². The second-order valence-electron chi connectivity index (χ2n) is 7.30. The van der Waals surface area contributed by atoms with Crippen LogP contribution in [0.4, 0.5) is 24.5 Å². The van der Waals surface area contributed by atoms with E-state index in [1.807, 2.05) is 0 Å². The summed E-state index contributed by atoms with van der Waals surface area (Å²) in [6.45, 7) is 0. The van der Waals surface area contributed by atoms with Crippen LogP contribution in [0.1, 0.15) is 5.56 Å². The highest BCUT2D eigenvalue weighted by Crippen LogP contribution is 2.34. The molecule has 0 saturated heterocycles. The van der Waals surface area contributed by atoms with Crippen molar-refractivity contribution >= 4 is 58.3 Å². The minimum atomic E-state index is -4.75. The largest absolute Gasteiger partial charge is 0.416 e. The van der Waals surface area contributed by atoms with Crippen molar-refractivity contribution in [1.29, 1.82) is 0 Å². The number of rotatable bonds is 6. The third kappa shape index (κ3) is 5.57. The standard InChI is InChI=1S/C22H15BrF3N3O4S2/c23-16-10-15(22(24,25)26)11-19(12-16)34(30,31)28-17-6-2-7-18(13-17)29-35(32,33)20-8-1-4-14-5-3-9-27-21(14)20/h1-13,28-29H. The van der Waals surface area contributed by atoms with E-state index in [4.69, 9.17) is 0 Å². The summed E-state index contributed by atoms with van der Waals surface area (Å²) in [4.78, 5) is 3.43. The Morgan fingerprint density at radius 3 is 2.09 bits per heavy atom. The average Bonchev–Trinajstić information content (AvgIpc) is 2.77. The quantitative estimate of drug-likeness (QED) is 0.305. The number of nitrogens with zero attached hydrogens (tertiary/aromatic N) is 1. The summed E-state index contributed by atoms with van der Waals surface area (Å²) in [5.74, 6) is 0. The normalized spacial score (nSPS) is 12.5. The highest BCUT2D eigenvalue weighted by Gasteiger charge is 2.32. The minimum Gasteiger partial charge on any atom is -0.280 e. The molecule has 0 aliphatic rings. The predicted molar refractivity (Wildman–Crippen MR) is 129 cm³/mol. The van der Waals surface area contributed by atoms with Gasteiger partial charge >= 0.3 is 6.18 Å². The molecule has 1 aromatic heterocycles. The van der Waals surface area contributed by atoms with Crippen molar-refractivity contribution in [3.05, 3.63) is 89.0 Å². The van der Waals surface area contributed by atoms with Crippen LogP contribution < -0.4 is 9.44 Å². The second-order valence-corrected chi connectivity index (χ2v) is 11.5. The topological polar surface area (TPSA) is 105 Å². The Morgan fingerprint density at radius 1 is 0.771 bits per heavy atom. The van der Waals surface area contributed by atoms with Crippen LogP contribution in [0.5, 0.6) is 0 Å². The molecule has 1 heterocycles. The highest BCUT2D eigenvalue weighted by molar-refractivity contribution is 9.10. The molecule has 0 spiro atoms. The maximum absolute atomic E-state index is 13.1. The first-order valence-electron chi connectivity index (χ1n) is 9.72. The van der Waals surface area contributed by atoms with Crippen molar-refractivity contribution in [1.82, 2.24) is 4.98 Å². The fraction of sp³-hybridized carbons (Fsp3) is 0.0455. The minimum absolute atomic E-state index is 0.0309. The molecule has 0 radical (unpaired) electrons. The number of pyridine rings is 1. The van der Waals surface area contributed by atoms with Gasteiger partial charge in [-0.25, -0.2) is 16.8 Å². The summed E-state index contributed by atoms with van der Waals surface area (Å²) in [6, 6.07) is 15.7. The Kier molecular flexibility index (Phi) is 6.51. The van der Waals surface area contributed by atoms with Gasteiger partial charge in [0.2, 0.25) is 0 Å². The van der Waals surface area contributed by atoms with Crippen LogP contribution in [0.2, 0.25) is 0 Å². The lowest BCUT2D eigenvalue weighted by Gasteiger charge is -2.14. The van der Waals surface area contributed by atoms with E-state index in [1.54, 1.807) is 24.3 Å². The van der Waals surface area contributed by atoms with Gasteiger partial charge in [-0.2, -0.15) is 13.2 Å². The van der Waals surface area contributed by atoms with Gasteiger partial charge in [0.05, 0.1) is 27.4 Å². The number of para-hydroxylation sites is 1. The molecule has 0 unspecified atom stereocenters. The molecule has 0 aliphatic carbocycles. The van der Waals surface area contributed by atoms with E-state index in [0.717, 1.165) is 12.1 Å². The van der Waals surface area contributed by atoms with Crippen LogP contribution in [-0.4, -0.2) is 21.8 Å². The van der Waals surface area contributed by atoms with Crippen LogP contribution in [0, 0.1) is 0 Å². The zero-order valence-electron chi connectivity index (χ0n) is 17.4. The fourth-order valence-electron chi connectivity index (χ4n) is 3.24. The molecule has 182 valence electrons. The number of aromatic nitrogens is 1. The van der Waals surface area contributed by atoms with Gasteiger partial charge in [-0.05, 0) is 48.5 Å². The maximum atomic E-state index is 13.1. The smallest absolute Gasteiger partial charge is 0.280 e. The van der Waals surface area contributed by atoms with E-state index in [9.17, 15) is 30.0 Å². The van der Waals surface area contributed by atoms with Gasteiger partial charge in [0, 0.05) is 16.1 Å². The summed E-state index contributed by atoms with van der Waals surface area (Å²) in [5, 5.41) is 0.615. The van der Waals surface area contributed by atoms with Gasteiger partial charge in [0.25, 0.3) is 20.0 Å². The molecule has 3 aromatic carbocycles. The number of hydrogen-bond donors (Lipinski definition) is 2. The molecule has 2 N–H and O–H groups in total. The number of benzene rings is 3. The summed E-state index contributed by atoms with van der Waals surface area (Å²) >= 11 is 2.89. The van der Waals surface area contributed by atoms with E-state index in [0.29, 0.717) is 11.5 Å². The number of sulfonamides is 2. The summed E-state index contributed by atoms with van der Waals surface area (Å²) in [7, 11) is -8.53. The number of fused-ring (bicyclic) bond motifs is 1. The van der Waals surface area contributed by atoms with Crippen LogP contribution in [0.25, 0.3) is 10.9 Å². The zero-order valence-corrected chi connectivity index (χ0v) is 20.6. The van der Waals surface area contributed by atoms with E-state index in [2.05, 4.69) is 30.4 Å². The first-order chi connectivity index (χ1) is 16.3. The molecule has 0 fully saturated rings. The van der Waals surface area contributed by atoms with E-state index in [-0.39, 0.29) is 26.3 Å². The fourth-order valence-corrected chi connectivity index (χ4v) is 6.24. The van der Waals surface area contributed by atoms with Crippen molar-refractivity contribution in [2.45, 2.75) is 16.0 Å². The molecule has 0 aliphatic heterocycles. The molecular formula is C22H15BrF3N3O4S2. The SMILES string of the molecule is O=S(=O)(Nc1cccc(NS(=O)(=O)c2cccc3cccnc23)c1)c1cc(Br)cc(C(F)(F)F)c1. The lowest BCUT2D eigenvalue weighted by Crippen LogP contribution is -2.16. The molecule has 0 bridgehead atoms. The van der Waals surface area contributed by atoms with Crippen molar-refractivity contribution in [3.63, 3.8) is 0 Å². The number of nitrogens with one attached hydrogen (secondary N) is 2. The maximum Gasteiger partial charge on any atom is 0.416 e. The van der Waals surface area contributed by atoms with Crippen LogP contribution in [0.15, 0.2) is 93.3 Å². The molecule has 0 saturated carbocycles. The Morgan fingerprint density at radius 2 is 1.40 bits per heavy atom. The summed E-state index contributed by atoms with van der Waals surface area (Å²) in [5.41, 5.74) is -0.912. The third-order valence-electron chi connectivity index (χ3n) is 4.76. The van der Waals surface area contributed by atoms with Gasteiger partial charge in [0.15, 0.2) is 0 Å². The molecule has 4 rings (SSSR count). The van der Waals surface area contributed by atoms with Gasteiger partial charge < -0.3 is 0 Å². The molecule has 0 amide bonds. The van der Waals surface area contributed by atoms with Gasteiger partial charge in [-0.1, -0.05) is 40.2 Å². The lowest BCUT2D eigenvalue weighted by atomic mass is 10.2. The molecule has 4 aromatic rings. The number of anilines is 2. The highest BCUT2D eigenvalue weighted by atomic mass is 79.9. The Labute approximate surface area is 207 Å². The molecule has 0 atom stereocenters. The van der Waals surface area contributed by atoms with Gasteiger partial charge in [-0.15, -0.1) is 0 Å². The third-order valence-corrected chi connectivity index (χ3v) is 7.99. The Bertz CT molecular complexity index is 1640. The molecule has 35 heavy (non-hydrogen) atoms. The predicted octanol–water partition coefficient (Wildman–Crippen LogP) is 5.62. The Hall–Kier alpha value is -3.16. The average molecular weight is 586 g/mol. The molecule has 13 heteroatoms. The summed E-state index contributed by atoms with van der Waals surface area (Å²) in [6.07, 6.45) is -3.29. The molecule has 7 nitrogen and oxygen atoms in total. The molecular weight excluding hydrogens is 571 g/mol. The van der Waals surface area contributed by atoms with Crippen LogP contribution >= 0.6 is 15.9 Å². The number of hydrogen-bond acceptors (Lipinski definition) is 5. The number of alkyl halides is 3. The van der Waals surface area contributed by atoms with Crippen molar-refractivity contribution in [2.75, 3.05) is 9.44 Å². The second kappa shape index (κ2) is 9.13. The van der Waals surface area contributed by atoms with E-state index >= 15 is 0 Å². The number of halogens is 4. The lowest BCUT2D eigenvalue weighted by molar-refractivity contribution is -0.137. The summed E-state index contributed by atoms with van der Waals surface area (Å²) < 4.78 is 95.3. The Balaban J connectivity index is 1.63. The monoisotopic (exact) mass is 585 g/mol. The van der Waals surface area contributed by atoms with E-state index < -0.39 is 36.7 Å².